The van der Waals surface area contributed by atoms with E-state index < -0.39 is 6.10 Å². The second kappa shape index (κ2) is 5.48. The molecule has 3 heterocycles. The van der Waals surface area contributed by atoms with Gasteiger partial charge in [0.05, 0.1) is 19.6 Å². The van der Waals surface area contributed by atoms with Crippen LogP contribution >= 0.6 is 0 Å². The Balaban J connectivity index is 1.71. The maximum absolute atomic E-state index is 11.6. The summed E-state index contributed by atoms with van der Waals surface area (Å²) in [6.45, 7) is 2.09. The zero-order chi connectivity index (χ0) is 15.1. The van der Waals surface area contributed by atoms with E-state index in [1.54, 1.807) is 0 Å². The van der Waals surface area contributed by atoms with Crippen LogP contribution in [0.15, 0.2) is 17.1 Å². The minimum absolute atomic E-state index is 0.179. The van der Waals surface area contributed by atoms with Gasteiger partial charge in [-0.15, -0.1) is 0 Å². The number of fused-ring (bicyclic) bond motifs is 2. The molecule has 116 valence electrons. The molecule has 3 aliphatic rings. The number of ether oxygens (including phenoxy) is 2. The summed E-state index contributed by atoms with van der Waals surface area (Å²) in [5, 5.41) is 9.49. The predicted molar refractivity (Wildman–Crippen MR) is 79.8 cm³/mol. The number of aliphatic hydroxyl groups excluding tert-OH is 1. The molecule has 4 rings (SSSR count). The van der Waals surface area contributed by atoms with Crippen LogP contribution in [-0.2, 0) is 27.2 Å². The van der Waals surface area contributed by atoms with Gasteiger partial charge in [-0.3, -0.25) is 9.79 Å². The van der Waals surface area contributed by atoms with Crippen molar-refractivity contribution in [2.75, 3.05) is 19.8 Å². The Bertz CT molecular complexity index is 646. The summed E-state index contributed by atoms with van der Waals surface area (Å²) in [6.07, 6.45) is 1.76. The fraction of sp³-hybridized carbons (Fsp3) is 0.529. The summed E-state index contributed by atoms with van der Waals surface area (Å²) in [6, 6.07) is 4.16. The first-order chi connectivity index (χ1) is 10.8. The first-order valence-electron chi connectivity index (χ1n) is 7.84. The second-order valence-electron chi connectivity index (χ2n) is 6.13. The van der Waals surface area contributed by atoms with Gasteiger partial charge < -0.3 is 14.6 Å². The summed E-state index contributed by atoms with van der Waals surface area (Å²) < 4.78 is 10.7. The summed E-state index contributed by atoms with van der Waals surface area (Å²) in [5.74, 6) is 0.182. The topological polar surface area (TPSA) is 68.1 Å². The van der Waals surface area contributed by atoms with Crippen LogP contribution in [0.3, 0.4) is 0 Å². The minimum atomic E-state index is -0.543. The van der Waals surface area contributed by atoms with Crippen LogP contribution in [0.5, 0.6) is 0 Å². The molecule has 5 heteroatoms. The van der Waals surface area contributed by atoms with Crippen molar-refractivity contribution >= 4 is 11.7 Å². The van der Waals surface area contributed by atoms with E-state index in [2.05, 4.69) is 12.1 Å². The number of hydrogen-bond donors (Lipinski definition) is 1. The number of carbonyl (C=O) groups is 1. The molecule has 1 N–H and O–H groups in total. The van der Waals surface area contributed by atoms with Crippen LogP contribution in [0.1, 0.15) is 41.2 Å². The van der Waals surface area contributed by atoms with Gasteiger partial charge in [0.2, 0.25) is 0 Å². The minimum Gasteiger partial charge on any atom is -0.455 e. The molecule has 1 aromatic rings. The molecule has 1 unspecified atom stereocenters. The van der Waals surface area contributed by atoms with Gasteiger partial charge in [-0.1, -0.05) is 6.07 Å². The van der Waals surface area contributed by atoms with Crippen LogP contribution in [0.25, 0.3) is 0 Å². The van der Waals surface area contributed by atoms with Crippen molar-refractivity contribution in [2.45, 2.75) is 31.9 Å². The van der Waals surface area contributed by atoms with Gasteiger partial charge in [-0.2, -0.15) is 0 Å². The van der Waals surface area contributed by atoms with Crippen molar-refractivity contribution in [3.8, 4) is 0 Å². The molecule has 0 amide bonds. The number of carbonyl (C=O) groups excluding carboxylic acids is 1. The first-order valence-corrected chi connectivity index (χ1v) is 7.84. The third-order valence-corrected chi connectivity index (χ3v) is 4.79. The molecule has 5 nitrogen and oxygen atoms in total. The number of cyclic esters (lactones) is 1. The number of esters is 1. The van der Waals surface area contributed by atoms with E-state index in [4.69, 9.17) is 14.5 Å². The van der Waals surface area contributed by atoms with E-state index in [-0.39, 0.29) is 19.0 Å². The van der Waals surface area contributed by atoms with Crippen LogP contribution < -0.4 is 0 Å². The smallest absolute Gasteiger partial charge is 0.310 e. The first kappa shape index (κ1) is 13.9. The Morgan fingerprint density at radius 3 is 2.82 bits per heavy atom. The van der Waals surface area contributed by atoms with Gasteiger partial charge in [0.1, 0.15) is 0 Å². The number of benzene rings is 1. The lowest BCUT2D eigenvalue weighted by molar-refractivity contribution is -0.152. The van der Waals surface area contributed by atoms with E-state index in [9.17, 15) is 9.90 Å². The van der Waals surface area contributed by atoms with Crippen molar-refractivity contribution in [3.63, 3.8) is 0 Å². The monoisotopic (exact) mass is 301 g/mol. The van der Waals surface area contributed by atoms with E-state index >= 15 is 0 Å². The maximum atomic E-state index is 11.6. The van der Waals surface area contributed by atoms with E-state index in [0.29, 0.717) is 12.5 Å². The third kappa shape index (κ3) is 2.25. The average Bonchev–Trinajstić information content (AvgIpc) is 2.95. The van der Waals surface area contributed by atoms with Crippen molar-refractivity contribution in [3.05, 3.63) is 34.4 Å². The van der Waals surface area contributed by atoms with Crippen molar-refractivity contribution in [2.24, 2.45) is 10.9 Å². The third-order valence-electron chi connectivity index (χ3n) is 4.79. The van der Waals surface area contributed by atoms with E-state index in [1.807, 2.05) is 0 Å². The number of aliphatic hydroxyl groups is 1. The average molecular weight is 301 g/mol. The fourth-order valence-electron chi connectivity index (χ4n) is 3.66. The van der Waals surface area contributed by atoms with Gasteiger partial charge in [0.15, 0.2) is 6.10 Å². The number of aliphatic imine (C=N–C) groups is 1. The van der Waals surface area contributed by atoms with Gasteiger partial charge in [-0.05, 0) is 35.6 Å². The number of rotatable bonds is 2. The molecule has 0 bridgehead atoms. The van der Waals surface area contributed by atoms with Crippen molar-refractivity contribution < 1.29 is 19.4 Å². The molecule has 0 aromatic heterocycles. The van der Waals surface area contributed by atoms with Crippen molar-refractivity contribution in [1.82, 2.24) is 0 Å². The standard InChI is InChI=1S/C17H19NO4/c19-9-15-13-7-14-12(5-11(13)6-16(20)22-15)8-18-17(14)10-1-3-21-4-2-10/h5,7,10,15,19H,1-4,6,8-9H2. The molecule has 0 saturated carbocycles. The molecule has 22 heavy (non-hydrogen) atoms. The lowest BCUT2D eigenvalue weighted by Gasteiger charge is -2.26. The van der Waals surface area contributed by atoms with Gasteiger partial charge in [0.25, 0.3) is 0 Å². The molecule has 0 aliphatic carbocycles. The molecule has 1 fully saturated rings. The molecule has 1 saturated heterocycles. The SMILES string of the molecule is O=C1Cc2cc3c(cc2C(CO)O1)C(C1CCOCC1)=NC3. The Morgan fingerprint density at radius 1 is 1.23 bits per heavy atom. The zero-order valence-electron chi connectivity index (χ0n) is 12.4. The lowest BCUT2D eigenvalue weighted by Crippen LogP contribution is -2.26. The Hall–Kier alpha value is -1.72. The second-order valence-corrected chi connectivity index (χ2v) is 6.13. The highest BCUT2D eigenvalue weighted by Gasteiger charge is 2.31. The predicted octanol–water partition coefficient (Wildman–Crippen LogP) is 1.55. The van der Waals surface area contributed by atoms with Crippen molar-refractivity contribution in [1.29, 1.82) is 0 Å². The number of nitrogens with zero attached hydrogens (tertiary/aromatic N) is 1. The lowest BCUT2D eigenvalue weighted by atomic mass is 9.86. The molecule has 0 spiro atoms. The molecular weight excluding hydrogens is 282 g/mol. The van der Waals surface area contributed by atoms with Crippen LogP contribution in [-0.4, -0.2) is 36.6 Å². The normalized spacial score (nSPS) is 24.5. The highest BCUT2D eigenvalue weighted by Crippen LogP contribution is 2.35. The maximum Gasteiger partial charge on any atom is 0.310 e. The summed E-state index contributed by atoms with van der Waals surface area (Å²) >= 11 is 0. The summed E-state index contributed by atoms with van der Waals surface area (Å²) in [4.78, 5) is 16.4. The zero-order valence-corrected chi connectivity index (χ0v) is 12.4. The molecule has 1 atom stereocenters. The van der Waals surface area contributed by atoms with Crippen LogP contribution in [0.4, 0.5) is 0 Å². The van der Waals surface area contributed by atoms with Crippen LogP contribution in [0.2, 0.25) is 0 Å². The highest BCUT2D eigenvalue weighted by molar-refractivity contribution is 6.05. The van der Waals surface area contributed by atoms with E-state index in [1.165, 1.54) is 11.1 Å². The highest BCUT2D eigenvalue weighted by atomic mass is 16.6. The van der Waals surface area contributed by atoms with Gasteiger partial charge >= 0.3 is 5.97 Å². The molecule has 0 radical (unpaired) electrons. The molecule has 1 aromatic carbocycles. The molecular formula is C17H19NO4. The Labute approximate surface area is 129 Å². The van der Waals surface area contributed by atoms with Gasteiger partial charge in [-0.25, -0.2) is 0 Å². The quantitative estimate of drug-likeness (QED) is 0.842. The fourth-order valence-corrected chi connectivity index (χ4v) is 3.66. The Kier molecular flexibility index (Phi) is 3.47. The Morgan fingerprint density at radius 2 is 2.05 bits per heavy atom. The number of hydrogen-bond acceptors (Lipinski definition) is 5. The van der Waals surface area contributed by atoms with E-state index in [0.717, 1.165) is 42.9 Å². The van der Waals surface area contributed by atoms with Gasteiger partial charge in [0, 0.05) is 30.4 Å². The van der Waals surface area contributed by atoms with Crippen LogP contribution in [0, 0.1) is 5.92 Å². The summed E-state index contributed by atoms with van der Waals surface area (Å²) in [7, 11) is 0. The molecule has 3 aliphatic heterocycles. The summed E-state index contributed by atoms with van der Waals surface area (Å²) in [5.41, 5.74) is 5.42. The largest absolute Gasteiger partial charge is 0.455 e.